The van der Waals surface area contributed by atoms with E-state index < -0.39 is 22.2 Å². The summed E-state index contributed by atoms with van der Waals surface area (Å²) in [5.74, 6) is -0.741. The van der Waals surface area contributed by atoms with E-state index in [1.807, 2.05) is 55.2 Å². The van der Waals surface area contributed by atoms with E-state index in [0.29, 0.717) is 24.9 Å². The largest absolute Gasteiger partial charge is 0.350 e. The third-order valence-electron chi connectivity index (χ3n) is 6.16. The molecule has 4 rings (SSSR count). The van der Waals surface area contributed by atoms with Crippen LogP contribution < -0.4 is 15.6 Å². The van der Waals surface area contributed by atoms with E-state index in [1.165, 1.54) is 0 Å². The van der Waals surface area contributed by atoms with Gasteiger partial charge in [-0.25, -0.2) is 14.7 Å². The van der Waals surface area contributed by atoms with E-state index in [1.54, 1.807) is 9.13 Å². The maximum absolute atomic E-state index is 13.7. The van der Waals surface area contributed by atoms with Crippen molar-refractivity contribution in [1.82, 2.24) is 18.4 Å². The topological polar surface area (TPSA) is 121 Å². The van der Waals surface area contributed by atoms with Crippen molar-refractivity contribution in [3.8, 4) is 0 Å². The average molecular weight is 484 g/mol. The van der Waals surface area contributed by atoms with Gasteiger partial charge in [-0.3, -0.25) is 13.9 Å². The number of imidazole rings is 1. The number of aryl methyl sites for hydroxylation is 2. The summed E-state index contributed by atoms with van der Waals surface area (Å²) in [4.78, 5) is 26.1. The summed E-state index contributed by atoms with van der Waals surface area (Å²) in [6, 6.07) is 13.1. The Balaban J connectivity index is 1.83. The lowest BCUT2D eigenvalue weighted by Crippen LogP contribution is -2.38. The first-order valence-electron chi connectivity index (χ1n) is 11.2. The molecule has 34 heavy (non-hydrogen) atoms. The zero-order valence-electron chi connectivity index (χ0n) is 19.5. The molecule has 0 saturated carbocycles. The first-order chi connectivity index (χ1) is 16.1. The van der Waals surface area contributed by atoms with Crippen LogP contribution in [0.15, 0.2) is 53.5 Å². The molecule has 0 bridgehead atoms. The van der Waals surface area contributed by atoms with Gasteiger partial charge in [0.1, 0.15) is 0 Å². The number of amides is 1. The van der Waals surface area contributed by atoms with Gasteiger partial charge in [-0.2, -0.15) is 8.42 Å². The fourth-order valence-electron chi connectivity index (χ4n) is 4.83. The lowest BCUT2D eigenvalue weighted by atomic mass is 10.1. The number of carbonyl (C=O) groups excluding carboxylic acids is 1. The minimum atomic E-state index is -4.17. The number of nitrogens with zero attached hydrogens (tertiary/aromatic N) is 3. The molecule has 9 nitrogen and oxygen atoms in total. The van der Waals surface area contributed by atoms with Crippen LogP contribution in [0.4, 0.5) is 0 Å². The zero-order chi connectivity index (χ0) is 24.6. The van der Waals surface area contributed by atoms with E-state index in [-0.39, 0.29) is 12.1 Å². The van der Waals surface area contributed by atoms with E-state index in [9.17, 15) is 18.0 Å². The number of hydrogen-bond acceptors (Lipinski definition) is 4. The summed E-state index contributed by atoms with van der Waals surface area (Å²) in [5.41, 5.74) is 4.47. The summed E-state index contributed by atoms with van der Waals surface area (Å²) in [7, 11) is -2.19. The first kappa shape index (κ1) is 23.8. The highest BCUT2D eigenvalue weighted by Crippen LogP contribution is 2.27. The van der Waals surface area contributed by atoms with Crippen LogP contribution in [0.25, 0.3) is 21.9 Å². The Kier molecular flexibility index (Phi) is 6.37. The lowest BCUT2D eigenvalue weighted by Gasteiger charge is -2.17. The van der Waals surface area contributed by atoms with Gasteiger partial charge < -0.3 is 4.57 Å². The summed E-state index contributed by atoms with van der Waals surface area (Å²) >= 11 is 0. The van der Waals surface area contributed by atoms with Gasteiger partial charge in [-0.05, 0) is 42.7 Å². The summed E-state index contributed by atoms with van der Waals surface area (Å²) in [6.07, 6.45) is 3.10. The Morgan fingerprint density at radius 1 is 1.09 bits per heavy atom. The van der Waals surface area contributed by atoms with Crippen molar-refractivity contribution in [1.29, 1.82) is 0 Å². The highest BCUT2D eigenvalue weighted by atomic mass is 32.2. The molecule has 2 aromatic heterocycles. The van der Waals surface area contributed by atoms with Crippen LogP contribution in [-0.4, -0.2) is 28.0 Å². The average Bonchev–Trinajstić information content (AvgIpc) is 3.22. The third kappa shape index (κ3) is 4.51. The highest BCUT2D eigenvalue weighted by Gasteiger charge is 2.24. The van der Waals surface area contributed by atoms with Crippen molar-refractivity contribution in [2.75, 3.05) is 0 Å². The maximum atomic E-state index is 13.7. The van der Waals surface area contributed by atoms with Crippen molar-refractivity contribution < 1.29 is 13.2 Å². The van der Waals surface area contributed by atoms with E-state index in [2.05, 4.69) is 23.6 Å². The van der Waals surface area contributed by atoms with Crippen molar-refractivity contribution in [2.24, 2.45) is 12.2 Å². The fourth-order valence-corrected chi connectivity index (χ4v) is 5.23. The predicted molar refractivity (Wildman–Crippen MR) is 133 cm³/mol. The minimum Gasteiger partial charge on any atom is -0.350 e. The molecule has 2 aromatic carbocycles. The molecule has 1 atom stereocenters. The number of rotatable bonds is 8. The quantitative estimate of drug-likeness (QED) is 0.400. The number of nitrogens with two attached hydrogens (primary N) is 1. The van der Waals surface area contributed by atoms with Crippen LogP contribution in [0, 0.1) is 6.92 Å². The molecule has 10 heteroatoms. The zero-order valence-corrected chi connectivity index (χ0v) is 20.3. The van der Waals surface area contributed by atoms with E-state index in [0.717, 1.165) is 27.5 Å². The molecule has 0 unspecified atom stereocenters. The van der Waals surface area contributed by atoms with Crippen LogP contribution in [0.1, 0.15) is 43.4 Å². The third-order valence-corrected chi connectivity index (χ3v) is 6.68. The Morgan fingerprint density at radius 3 is 2.44 bits per heavy atom. The Labute approximate surface area is 198 Å². The Hall–Kier alpha value is -3.37. The van der Waals surface area contributed by atoms with Crippen LogP contribution in [-0.2, 0) is 28.6 Å². The van der Waals surface area contributed by atoms with Gasteiger partial charge in [0, 0.05) is 36.6 Å². The summed E-state index contributed by atoms with van der Waals surface area (Å²) in [5, 5.41) is 6.08. The standard InChI is InChI=1S/C24H29N5O4S/c1-4-8-18(13-22(30)26-34(25,32)33)29-20-11-6-5-10-19(20)28(24(29)31)15-17-14-27(3)21-12-7-9-16(2)23(17)21/h5-7,9-12,14,18H,4,8,13,15H2,1-3H3,(H,26,30)(H2,25,32,33)/t18-/m0/s1. The van der Waals surface area contributed by atoms with Crippen molar-refractivity contribution in [3.05, 3.63) is 70.3 Å². The van der Waals surface area contributed by atoms with Gasteiger partial charge in [0.15, 0.2) is 0 Å². The van der Waals surface area contributed by atoms with Crippen LogP contribution in [0.5, 0.6) is 0 Å². The number of fused-ring (bicyclic) bond motifs is 2. The smallest absolute Gasteiger partial charge is 0.329 e. The van der Waals surface area contributed by atoms with Gasteiger partial charge in [-0.1, -0.05) is 37.6 Å². The van der Waals surface area contributed by atoms with Crippen LogP contribution >= 0.6 is 0 Å². The minimum absolute atomic E-state index is 0.175. The van der Waals surface area contributed by atoms with Crippen molar-refractivity contribution >= 4 is 38.1 Å². The molecule has 180 valence electrons. The van der Waals surface area contributed by atoms with Gasteiger partial charge in [0.25, 0.3) is 10.2 Å². The van der Waals surface area contributed by atoms with E-state index in [4.69, 9.17) is 5.14 Å². The van der Waals surface area contributed by atoms with Gasteiger partial charge in [0.2, 0.25) is 5.91 Å². The number of hydrogen-bond donors (Lipinski definition) is 2. The maximum Gasteiger partial charge on any atom is 0.329 e. The summed E-state index contributed by atoms with van der Waals surface area (Å²) in [6.45, 7) is 4.38. The van der Waals surface area contributed by atoms with Gasteiger partial charge in [0.05, 0.1) is 17.6 Å². The molecule has 0 aliphatic carbocycles. The Bertz CT molecular complexity index is 1540. The van der Waals surface area contributed by atoms with Crippen LogP contribution in [0.3, 0.4) is 0 Å². The monoisotopic (exact) mass is 483 g/mol. The second kappa shape index (κ2) is 9.11. The number of benzene rings is 2. The molecule has 4 aromatic rings. The molecule has 3 N–H and O–H groups in total. The molecule has 0 fully saturated rings. The second-order valence-electron chi connectivity index (χ2n) is 8.68. The number of carbonyl (C=O) groups is 1. The first-order valence-corrected chi connectivity index (χ1v) is 12.7. The number of aromatic nitrogens is 3. The molecule has 1 amide bonds. The summed E-state index contributed by atoms with van der Waals surface area (Å²) < 4.78 is 29.8. The fraction of sp³-hybridized carbons (Fsp3) is 0.333. The normalized spacial score (nSPS) is 12.9. The second-order valence-corrected chi connectivity index (χ2v) is 9.97. The van der Waals surface area contributed by atoms with Crippen LogP contribution in [0.2, 0.25) is 0 Å². The predicted octanol–water partition coefficient (Wildman–Crippen LogP) is 2.70. The SMILES string of the molecule is CCC[C@@H](CC(=O)NS(N)(=O)=O)n1c(=O)n(Cc2cn(C)c3cccc(C)c23)c2ccccc21. The molecule has 0 saturated heterocycles. The molecule has 0 aliphatic heterocycles. The molecule has 0 spiro atoms. The highest BCUT2D eigenvalue weighted by molar-refractivity contribution is 7.87. The van der Waals surface area contributed by atoms with Crippen molar-refractivity contribution in [3.63, 3.8) is 0 Å². The Morgan fingerprint density at radius 2 is 1.76 bits per heavy atom. The molecular formula is C24H29N5O4S. The van der Waals surface area contributed by atoms with Gasteiger partial charge >= 0.3 is 5.69 Å². The lowest BCUT2D eigenvalue weighted by molar-refractivity contribution is -0.120. The molecule has 0 radical (unpaired) electrons. The molecular weight excluding hydrogens is 454 g/mol. The van der Waals surface area contributed by atoms with Gasteiger partial charge in [-0.15, -0.1) is 0 Å². The van der Waals surface area contributed by atoms with Crippen molar-refractivity contribution in [2.45, 2.75) is 45.7 Å². The number of nitrogens with one attached hydrogen (secondary N) is 1. The van der Waals surface area contributed by atoms with E-state index >= 15 is 0 Å². The molecule has 2 heterocycles. The number of para-hydroxylation sites is 2. The molecule has 0 aliphatic rings.